The van der Waals surface area contributed by atoms with Crippen molar-refractivity contribution in [1.29, 1.82) is 0 Å². The molecule has 17 heavy (non-hydrogen) atoms. The van der Waals surface area contributed by atoms with Gasteiger partial charge in [-0.15, -0.1) is 0 Å². The molecule has 2 heteroatoms. The fraction of sp³-hybridized carbons (Fsp3) is 0.600. The molecule has 2 nitrogen and oxygen atoms in total. The lowest BCUT2D eigenvalue weighted by Crippen LogP contribution is -2.18. The van der Waals surface area contributed by atoms with Crippen LogP contribution in [0.1, 0.15) is 41.6 Å². The predicted octanol–water partition coefficient (Wildman–Crippen LogP) is 3.28. The van der Waals surface area contributed by atoms with Crippen molar-refractivity contribution >= 4 is 0 Å². The molecule has 0 radical (unpaired) electrons. The summed E-state index contributed by atoms with van der Waals surface area (Å²) in [6.07, 6.45) is 0.969. The van der Waals surface area contributed by atoms with Gasteiger partial charge in [0.15, 0.2) is 0 Å². The van der Waals surface area contributed by atoms with E-state index in [1.165, 1.54) is 22.3 Å². The number of benzene rings is 1. The predicted molar refractivity (Wildman–Crippen MR) is 73.2 cm³/mol. The van der Waals surface area contributed by atoms with Crippen molar-refractivity contribution in [3.05, 3.63) is 34.4 Å². The van der Waals surface area contributed by atoms with E-state index < -0.39 is 0 Å². The van der Waals surface area contributed by atoms with E-state index >= 15 is 0 Å². The average Bonchev–Trinajstić information content (AvgIpc) is 2.23. The van der Waals surface area contributed by atoms with E-state index in [1.807, 2.05) is 0 Å². The highest BCUT2D eigenvalue weighted by atomic mass is 16.5. The third kappa shape index (κ3) is 3.83. The van der Waals surface area contributed by atoms with E-state index in [2.05, 4.69) is 39.8 Å². The van der Waals surface area contributed by atoms with Gasteiger partial charge in [-0.3, -0.25) is 0 Å². The Morgan fingerprint density at radius 2 is 1.71 bits per heavy atom. The number of rotatable bonds is 5. The second-order valence-electron chi connectivity index (χ2n) is 5.20. The molecule has 2 N–H and O–H groups in total. The van der Waals surface area contributed by atoms with Gasteiger partial charge in [-0.05, 0) is 55.4 Å². The van der Waals surface area contributed by atoms with Crippen molar-refractivity contribution < 1.29 is 4.74 Å². The smallest absolute Gasteiger partial charge is 0.0488 e. The maximum absolute atomic E-state index is 6.29. The molecule has 0 saturated carbocycles. The lowest BCUT2D eigenvalue weighted by atomic mass is 9.91. The summed E-state index contributed by atoms with van der Waals surface area (Å²) >= 11 is 0. The van der Waals surface area contributed by atoms with Gasteiger partial charge in [0.2, 0.25) is 0 Å². The van der Waals surface area contributed by atoms with Crippen molar-refractivity contribution in [3.8, 4) is 0 Å². The number of hydrogen-bond donors (Lipinski definition) is 1. The van der Waals surface area contributed by atoms with Crippen LogP contribution in [0.4, 0.5) is 0 Å². The van der Waals surface area contributed by atoms with Crippen molar-refractivity contribution in [1.82, 2.24) is 0 Å². The Hall–Kier alpha value is -0.860. The lowest BCUT2D eigenvalue weighted by Gasteiger charge is -2.20. The minimum absolute atomic E-state index is 0.111. The van der Waals surface area contributed by atoms with Gasteiger partial charge in [0.05, 0.1) is 0 Å². The van der Waals surface area contributed by atoms with Gasteiger partial charge in [0.1, 0.15) is 0 Å². The first-order valence-corrected chi connectivity index (χ1v) is 6.28. The summed E-state index contributed by atoms with van der Waals surface area (Å²) in [5, 5.41) is 0. The van der Waals surface area contributed by atoms with Gasteiger partial charge in [-0.1, -0.05) is 19.1 Å². The Kier molecular flexibility index (Phi) is 5.16. The molecule has 96 valence electrons. The molecule has 1 rings (SSSR count). The normalized spacial score (nSPS) is 14.7. The summed E-state index contributed by atoms with van der Waals surface area (Å²) in [6.45, 7) is 9.38. The first-order valence-electron chi connectivity index (χ1n) is 6.28. The molecule has 0 amide bonds. The lowest BCUT2D eigenvalue weighted by molar-refractivity contribution is 0.152. The fourth-order valence-electron chi connectivity index (χ4n) is 2.30. The summed E-state index contributed by atoms with van der Waals surface area (Å²) in [5.74, 6) is 0.496. The standard InChI is InChI=1S/C15H25NO/c1-10(9-17-5)6-15(16)14-8-12(3)11(2)7-13(14)4/h7-8,10,15H,6,9,16H2,1-5H3. The Morgan fingerprint density at radius 1 is 1.12 bits per heavy atom. The Balaban J connectivity index is 2.81. The molecule has 0 spiro atoms. The number of hydrogen-bond acceptors (Lipinski definition) is 2. The third-order valence-electron chi connectivity index (χ3n) is 3.39. The molecule has 2 atom stereocenters. The average molecular weight is 235 g/mol. The Morgan fingerprint density at radius 3 is 2.29 bits per heavy atom. The van der Waals surface area contributed by atoms with Crippen LogP contribution in [0.5, 0.6) is 0 Å². The van der Waals surface area contributed by atoms with Gasteiger partial charge in [0.25, 0.3) is 0 Å². The summed E-state index contributed by atoms with van der Waals surface area (Å²) < 4.78 is 5.16. The second-order valence-corrected chi connectivity index (χ2v) is 5.20. The molecule has 1 aromatic rings. The molecule has 0 saturated heterocycles. The van der Waals surface area contributed by atoms with Crippen LogP contribution in [0.15, 0.2) is 12.1 Å². The van der Waals surface area contributed by atoms with Gasteiger partial charge < -0.3 is 10.5 Å². The molecular weight excluding hydrogens is 210 g/mol. The number of aryl methyl sites for hydroxylation is 3. The van der Waals surface area contributed by atoms with Crippen LogP contribution in [-0.4, -0.2) is 13.7 Å². The SMILES string of the molecule is COCC(C)CC(N)c1cc(C)c(C)cc1C. The first kappa shape index (κ1) is 14.2. The minimum Gasteiger partial charge on any atom is -0.384 e. The first-order chi connectivity index (χ1) is 7.95. The van der Waals surface area contributed by atoms with Crippen molar-refractivity contribution in [2.75, 3.05) is 13.7 Å². The molecule has 0 aliphatic rings. The molecule has 1 aromatic carbocycles. The van der Waals surface area contributed by atoms with Crippen LogP contribution in [0, 0.1) is 26.7 Å². The largest absolute Gasteiger partial charge is 0.384 e. The van der Waals surface area contributed by atoms with Gasteiger partial charge >= 0.3 is 0 Å². The van der Waals surface area contributed by atoms with E-state index in [4.69, 9.17) is 10.5 Å². The van der Waals surface area contributed by atoms with E-state index in [9.17, 15) is 0 Å². The molecule has 0 heterocycles. The van der Waals surface area contributed by atoms with E-state index in [1.54, 1.807) is 7.11 Å². The van der Waals surface area contributed by atoms with Crippen LogP contribution >= 0.6 is 0 Å². The van der Waals surface area contributed by atoms with Crippen LogP contribution < -0.4 is 5.73 Å². The van der Waals surface area contributed by atoms with Crippen molar-refractivity contribution in [2.24, 2.45) is 11.7 Å². The highest BCUT2D eigenvalue weighted by Crippen LogP contribution is 2.25. The van der Waals surface area contributed by atoms with Gasteiger partial charge in [-0.25, -0.2) is 0 Å². The van der Waals surface area contributed by atoms with Gasteiger partial charge in [0, 0.05) is 19.8 Å². The van der Waals surface area contributed by atoms with Crippen LogP contribution in [-0.2, 0) is 4.74 Å². The highest BCUT2D eigenvalue weighted by molar-refractivity contribution is 5.38. The molecule has 0 aliphatic heterocycles. The summed E-state index contributed by atoms with van der Waals surface area (Å²) in [4.78, 5) is 0. The Labute approximate surface area is 105 Å². The maximum atomic E-state index is 6.29. The minimum atomic E-state index is 0.111. The monoisotopic (exact) mass is 235 g/mol. The van der Waals surface area contributed by atoms with Crippen molar-refractivity contribution in [3.63, 3.8) is 0 Å². The number of ether oxygens (including phenoxy) is 1. The number of nitrogens with two attached hydrogens (primary N) is 1. The Bertz CT molecular complexity index is 373. The fourth-order valence-corrected chi connectivity index (χ4v) is 2.30. The van der Waals surface area contributed by atoms with Crippen LogP contribution in [0.25, 0.3) is 0 Å². The van der Waals surface area contributed by atoms with E-state index in [0.29, 0.717) is 5.92 Å². The molecule has 0 aromatic heterocycles. The summed E-state index contributed by atoms with van der Waals surface area (Å²) in [5.41, 5.74) is 11.5. The summed E-state index contributed by atoms with van der Waals surface area (Å²) in [7, 11) is 1.74. The van der Waals surface area contributed by atoms with E-state index in [-0.39, 0.29) is 6.04 Å². The molecular formula is C15H25NO. The molecule has 0 bridgehead atoms. The maximum Gasteiger partial charge on any atom is 0.0488 e. The van der Waals surface area contributed by atoms with Crippen LogP contribution in [0.2, 0.25) is 0 Å². The molecule has 0 aliphatic carbocycles. The van der Waals surface area contributed by atoms with Crippen molar-refractivity contribution in [2.45, 2.75) is 40.2 Å². The van der Waals surface area contributed by atoms with Gasteiger partial charge in [-0.2, -0.15) is 0 Å². The zero-order chi connectivity index (χ0) is 13.0. The van der Waals surface area contributed by atoms with Crippen LogP contribution in [0.3, 0.4) is 0 Å². The zero-order valence-electron chi connectivity index (χ0n) is 11.7. The summed E-state index contributed by atoms with van der Waals surface area (Å²) in [6, 6.07) is 4.57. The second kappa shape index (κ2) is 6.18. The molecule has 0 fully saturated rings. The quantitative estimate of drug-likeness (QED) is 0.850. The topological polar surface area (TPSA) is 35.2 Å². The third-order valence-corrected chi connectivity index (χ3v) is 3.39. The zero-order valence-corrected chi connectivity index (χ0v) is 11.7. The highest BCUT2D eigenvalue weighted by Gasteiger charge is 2.14. The van der Waals surface area contributed by atoms with E-state index in [0.717, 1.165) is 13.0 Å². The molecule has 2 unspecified atom stereocenters. The number of methoxy groups -OCH3 is 1.